The molecule has 0 radical (unpaired) electrons. The van der Waals surface area contributed by atoms with Gasteiger partial charge in [0.05, 0.1) is 0 Å². The van der Waals surface area contributed by atoms with E-state index < -0.39 is 12.4 Å². The molecule has 0 heterocycles. The Kier molecular flexibility index (Phi) is 3.00. The summed E-state index contributed by atoms with van der Waals surface area (Å²) in [7, 11) is 0. The van der Waals surface area contributed by atoms with Crippen LogP contribution in [0.3, 0.4) is 0 Å². The summed E-state index contributed by atoms with van der Waals surface area (Å²) in [6.45, 7) is 1.60. The maximum atomic E-state index is 11.9. The standard InChI is InChI=1S/C9H10F3NO/c1-6(13)7-4-2-3-5-8(7)14-9(10,11)12/h2-6H,13H2,1H3/t6-/m1/s1. The van der Waals surface area contributed by atoms with Crippen LogP contribution in [0.4, 0.5) is 13.2 Å². The molecular weight excluding hydrogens is 195 g/mol. The van der Waals surface area contributed by atoms with Crippen LogP contribution < -0.4 is 10.5 Å². The van der Waals surface area contributed by atoms with Gasteiger partial charge in [0.15, 0.2) is 0 Å². The predicted octanol–water partition coefficient (Wildman–Crippen LogP) is 2.60. The van der Waals surface area contributed by atoms with E-state index in [-0.39, 0.29) is 5.75 Å². The highest BCUT2D eigenvalue weighted by Crippen LogP contribution is 2.28. The van der Waals surface area contributed by atoms with Gasteiger partial charge in [0.25, 0.3) is 0 Å². The second-order valence-corrected chi connectivity index (χ2v) is 2.87. The fourth-order valence-electron chi connectivity index (χ4n) is 1.07. The summed E-state index contributed by atoms with van der Waals surface area (Å²) in [5, 5.41) is 0. The first-order valence-corrected chi connectivity index (χ1v) is 4.00. The van der Waals surface area contributed by atoms with Crippen LogP contribution in [0.1, 0.15) is 18.5 Å². The van der Waals surface area contributed by atoms with Crippen molar-refractivity contribution in [2.45, 2.75) is 19.3 Å². The first-order chi connectivity index (χ1) is 6.40. The molecule has 0 unspecified atom stereocenters. The molecule has 0 aliphatic carbocycles. The van der Waals surface area contributed by atoms with E-state index in [1.54, 1.807) is 13.0 Å². The highest BCUT2D eigenvalue weighted by atomic mass is 19.4. The summed E-state index contributed by atoms with van der Waals surface area (Å²) in [5.41, 5.74) is 5.82. The number of hydrogen-bond acceptors (Lipinski definition) is 2. The Morgan fingerprint density at radius 2 is 1.86 bits per heavy atom. The van der Waals surface area contributed by atoms with Crippen molar-refractivity contribution in [2.75, 3.05) is 0 Å². The molecule has 14 heavy (non-hydrogen) atoms. The lowest BCUT2D eigenvalue weighted by atomic mass is 10.1. The molecule has 0 amide bonds. The number of ether oxygens (including phenoxy) is 1. The number of para-hydroxylation sites is 1. The first-order valence-electron chi connectivity index (χ1n) is 4.00. The molecule has 0 aliphatic heterocycles. The van der Waals surface area contributed by atoms with Crippen LogP contribution >= 0.6 is 0 Å². The SMILES string of the molecule is C[C@@H](N)c1ccccc1OC(F)(F)F. The molecule has 2 nitrogen and oxygen atoms in total. The van der Waals surface area contributed by atoms with Gasteiger partial charge in [-0.15, -0.1) is 13.2 Å². The maximum absolute atomic E-state index is 11.9. The summed E-state index contributed by atoms with van der Waals surface area (Å²) in [4.78, 5) is 0. The molecule has 0 bridgehead atoms. The molecule has 0 saturated heterocycles. The van der Waals surface area contributed by atoms with Crippen LogP contribution in [0.2, 0.25) is 0 Å². The first kappa shape index (κ1) is 10.8. The second kappa shape index (κ2) is 3.88. The van der Waals surface area contributed by atoms with Crippen LogP contribution in [0.5, 0.6) is 5.75 Å². The molecule has 1 aromatic rings. The number of benzene rings is 1. The summed E-state index contributed by atoms with van der Waals surface area (Å²) in [6, 6.07) is 5.33. The van der Waals surface area contributed by atoms with E-state index in [4.69, 9.17) is 5.73 Å². The Morgan fingerprint density at radius 3 is 2.36 bits per heavy atom. The van der Waals surface area contributed by atoms with E-state index in [9.17, 15) is 13.2 Å². The van der Waals surface area contributed by atoms with Crippen LogP contribution in [-0.2, 0) is 0 Å². The maximum Gasteiger partial charge on any atom is 0.573 e. The minimum absolute atomic E-state index is 0.241. The van der Waals surface area contributed by atoms with E-state index in [1.807, 2.05) is 0 Å². The minimum atomic E-state index is -4.68. The molecule has 2 N–H and O–H groups in total. The lowest BCUT2D eigenvalue weighted by Crippen LogP contribution is -2.19. The molecular formula is C9H10F3NO. The number of alkyl halides is 3. The van der Waals surface area contributed by atoms with E-state index >= 15 is 0 Å². The molecule has 0 fully saturated rings. The van der Waals surface area contributed by atoms with Crippen molar-refractivity contribution < 1.29 is 17.9 Å². The Hall–Kier alpha value is -1.23. The molecule has 0 spiro atoms. The largest absolute Gasteiger partial charge is 0.573 e. The number of nitrogens with two attached hydrogens (primary N) is 1. The second-order valence-electron chi connectivity index (χ2n) is 2.87. The smallest absolute Gasteiger partial charge is 0.405 e. The molecule has 1 atom stereocenters. The third-order valence-corrected chi connectivity index (χ3v) is 1.64. The molecule has 5 heteroatoms. The fraction of sp³-hybridized carbons (Fsp3) is 0.333. The normalized spacial score (nSPS) is 13.8. The number of halogens is 3. The Bertz CT molecular complexity index is 309. The van der Waals surface area contributed by atoms with Crippen molar-refractivity contribution in [3.05, 3.63) is 29.8 Å². The third-order valence-electron chi connectivity index (χ3n) is 1.64. The van der Waals surface area contributed by atoms with Crippen molar-refractivity contribution >= 4 is 0 Å². The summed E-state index contributed by atoms with van der Waals surface area (Å²) in [5.74, 6) is -0.241. The van der Waals surface area contributed by atoms with Gasteiger partial charge in [-0.2, -0.15) is 0 Å². The zero-order chi connectivity index (χ0) is 10.8. The summed E-state index contributed by atoms with van der Waals surface area (Å²) < 4.78 is 39.6. The molecule has 1 rings (SSSR count). The zero-order valence-corrected chi connectivity index (χ0v) is 7.51. The van der Waals surface area contributed by atoms with Crippen molar-refractivity contribution in [2.24, 2.45) is 5.73 Å². The summed E-state index contributed by atoms with van der Waals surface area (Å²) in [6.07, 6.45) is -4.68. The van der Waals surface area contributed by atoms with E-state index in [2.05, 4.69) is 4.74 Å². The quantitative estimate of drug-likeness (QED) is 0.805. The van der Waals surface area contributed by atoms with E-state index in [0.29, 0.717) is 5.56 Å². The average Bonchev–Trinajstić information content (AvgIpc) is 2.01. The van der Waals surface area contributed by atoms with E-state index in [0.717, 1.165) is 0 Å². The van der Waals surface area contributed by atoms with Gasteiger partial charge >= 0.3 is 6.36 Å². The monoisotopic (exact) mass is 205 g/mol. The van der Waals surface area contributed by atoms with Crippen molar-refractivity contribution in [1.82, 2.24) is 0 Å². The lowest BCUT2D eigenvalue weighted by Gasteiger charge is -2.14. The van der Waals surface area contributed by atoms with E-state index in [1.165, 1.54) is 18.2 Å². The van der Waals surface area contributed by atoms with Crippen molar-refractivity contribution in [3.63, 3.8) is 0 Å². The Morgan fingerprint density at radius 1 is 1.29 bits per heavy atom. The molecule has 78 valence electrons. The van der Waals surface area contributed by atoms with Crippen molar-refractivity contribution in [3.8, 4) is 5.75 Å². The van der Waals surface area contributed by atoms with Gasteiger partial charge in [-0.05, 0) is 13.0 Å². The highest BCUT2D eigenvalue weighted by molar-refractivity contribution is 5.35. The van der Waals surface area contributed by atoms with Gasteiger partial charge in [-0.25, -0.2) is 0 Å². The number of hydrogen-bond donors (Lipinski definition) is 1. The third kappa shape index (κ3) is 2.92. The predicted molar refractivity (Wildman–Crippen MR) is 45.7 cm³/mol. The topological polar surface area (TPSA) is 35.2 Å². The van der Waals surface area contributed by atoms with Gasteiger partial charge in [0.2, 0.25) is 0 Å². The molecule has 0 aromatic heterocycles. The molecule has 1 aromatic carbocycles. The minimum Gasteiger partial charge on any atom is -0.405 e. The highest BCUT2D eigenvalue weighted by Gasteiger charge is 2.32. The molecule has 0 saturated carbocycles. The Labute approximate surface area is 79.5 Å². The van der Waals surface area contributed by atoms with Crippen LogP contribution in [0.25, 0.3) is 0 Å². The van der Waals surface area contributed by atoms with Crippen LogP contribution in [0, 0.1) is 0 Å². The van der Waals surface area contributed by atoms with Gasteiger partial charge < -0.3 is 10.5 Å². The van der Waals surface area contributed by atoms with Crippen LogP contribution in [0.15, 0.2) is 24.3 Å². The van der Waals surface area contributed by atoms with Gasteiger partial charge in [0, 0.05) is 11.6 Å². The van der Waals surface area contributed by atoms with Crippen LogP contribution in [-0.4, -0.2) is 6.36 Å². The average molecular weight is 205 g/mol. The number of rotatable bonds is 2. The molecule has 0 aliphatic rings. The fourth-order valence-corrected chi connectivity index (χ4v) is 1.07. The summed E-state index contributed by atoms with van der Waals surface area (Å²) >= 11 is 0. The van der Waals surface area contributed by atoms with Gasteiger partial charge in [-0.3, -0.25) is 0 Å². The van der Waals surface area contributed by atoms with Gasteiger partial charge in [0.1, 0.15) is 5.75 Å². The lowest BCUT2D eigenvalue weighted by molar-refractivity contribution is -0.274. The Balaban J connectivity index is 2.96. The van der Waals surface area contributed by atoms with Crippen molar-refractivity contribution in [1.29, 1.82) is 0 Å². The van der Waals surface area contributed by atoms with Gasteiger partial charge in [-0.1, -0.05) is 18.2 Å². The zero-order valence-electron chi connectivity index (χ0n) is 7.51.